The second-order valence-corrected chi connectivity index (χ2v) is 2.54. The van der Waals surface area contributed by atoms with Gasteiger partial charge in [0.2, 0.25) is 0 Å². The van der Waals surface area contributed by atoms with Gasteiger partial charge in [0.1, 0.15) is 0 Å². The van der Waals surface area contributed by atoms with Crippen LogP contribution in [0.2, 0.25) is 0 Å². The monoisotopic (exact) mass is 168 g/mol. The van der Waals surface area contributed by atoms with Crippen LogP contribution in [-0.2, 0) is 4.74 Å². The minimum atomic E-state index is -4.50. The number of likely N-dealkylation sites (tertiary alicyclic amines) is 1. The molecule has 0 spiro atoms. The molecule has 1 heterocycles. The van der Waals surface area contributed by atoms with E-state index in [1.807, 2.05) is 0 Å². The van der Waals surface area contributed by atoms with Crippen molar-refractivity contribution < 1.29 is 17.9 Å². The predicted octanol–water partition coefficient (Wildman–Crippen LogP) is 1.39. The normalized spacial score (nSPS) is 27.8. The summed E-state index contributed by atoms with van der Waals surface area (Å²) in [6.45, 7) is 2.01. The Kier molecular flexibility index (Phi) is 2.39. The minimum Gasteiger partial charge on any atom is -0.299 e. The smallest absolute Gasteiger partial charge is 0.299 e. The van der Waals surface area contributed by atoms with Gasteiger partial charge in [-0.2, -0.15) is 0 Å². The fourth-order valence-corrected chi connectivity index (χ4v) is 1.04. The Morgan fingerprint density at radius 3 is 2.55 bits per heavy atom. The van der Waals surface area contributed by atoms with E-state index < -0.39 is 12.5 Å². The molecule has 1 atom stereocenters. The van der Waals surface area contributed by atoms with Gasteiger partial charge < -0.3 is 0 Å². The quantitative estimate of drug-likeness (QED) is 0.586. The highest BCUT2D eigenvalue weighted by molar-refractivity contribution is 4.82. The van der Waals surface area contributed by atoms with Crippen LogP contribution in [-0.4, -0.2) is 31.0 Å². The third-order valence-corrected chi connectivity index (χ3v) is 1.47. The first-order valence-electron chi connectivity index (χ1n) is 3.25. The van der Waals surface area contributed by atoms with Crippen LogP contribution in [0.1, 0.15) is 6.42 Å². The lowest BCUT2D eigenvalue weighted by molar-refractivity contribution is -0.340. The Labute approximate surface area is 62.9 Å². The van der Waals surface area contributed by atoms with Crippen LogP contribution in [0.4, 0.5) is 13.2 Å². The van der Waals surface area contributed by atoms with Gasteiger partial charge in [0, 0.05) is 13.1 Å². The van der Waals surface area contributed by atoms with E-state index in [1.165, 1.54) is 0 Å². The molecule has 1 aliphatic rings. The Morgan fingerprint density at radius 1 is 1.55 bits per heavy atom. The molecule has 0 aromatic carbocycles. The zero-order valence-corrected chi connectivity index (χ0v) is 6.06. The van der Waals surface area contributed by atoms with Crippen LogP contribution >= 0.6 is 0 Å². The van der Waals surface area contributed by atoms with E-state index in [4.69, 9.17) is 0 Å². The summed E-state index contributed by atoms with van der Waals surface area (Å²) in [6, 6.07) is 0. The molecule has 1 radical (unpaired) electrons. The van der Waals surface area contributed by atoms with Crippen LogP contribution in [0.5, 0.6) is 0 Å². The molecule has 65 valence electrons. The minimum absolute atomic E-state index is 0.319. The van der Waals surface area contributed by atoms with Gasteiger partial charge in [-0.3, -0.25) is 9.64 Å². The van der Waals surface area contributed by atoms with Crippen LogP contribution in [0.3, 0.4) is 0 Å². The fourth-order valence-electron chi connectivity index (χ4n) is 1.04. The number of hydrogen-bond donors (Lipinski definition) is 0. The molecule has 0 bridgehead atoms. The van der Waals surface area contributed by atoms with Crippen molar-refractivity contribution in [2.75, 3.05) is 13.6 Å². The van der Waals surface area contributed by atoms with Gasteiger partial charge in [0.25, 0.3) is 0 Å². The molecule has 0 N–H and O–H groups in total. The molecule has 0 aromatic rings. The number of ether oxygens (including phenoxy) is 1. The molecule has 1 unspecified atom stereocenters. The van der Waals surface area contributed by atoms with E-state index in [-0.39, 0.29) is 0 Å². The highest BCUT2D eigenvalue weighted by Gasteiger charge is 2.35. The van der Waals surface area contributed by atoms with E-state index >= 15 is 0 Å². The van der Waals surface area contributed by atoms with Gasteiger partial charge in [0.15, 0.2) is 0 Å². The number of hydrogen-bond acceptors (Lipinski definition) is 2. The van der Waals surface area contributed by atoms with E-state index in [0.717, 1.165) is 0 Å². The average Bonchev–Trinajstić information content (AvgIpc) is 2.10. The fraction of sp³-hybridized carbons (Fsp3) is 0.833. The molecule has 0 saturated carbocycles. The molecular formula is C6H9F3NO. The topological polar surface area (TPSA) is 12.5 Å². The molecule has 0 amide bonds. The molecule has 2 nitrogen and oxygen atoms in total. The highest BCUT2D eigenvalue weighted by atomic mass is 19.4. The van der Waals surface area contributed by atoms with Gasteiger partial charge >= 0.3 is 6.36 Å². The van der Waals surface area contributed by atoms with Crippen LogP contribution < -0.4 is 0 Å². The molecule has 1 aliphatic heterocycles. The van der Waals surface area contributed by atoms with Gasteiger partial charge in [-0.25, -0.2) is 0 Å². The van der Waals surface area contributed by atoms with Crippen molar-refractivity contribution in [3.63, 3.8) is 0 Å². The summed E-state index contributed by atoms with van der Waals surface area (Å²) in [7, 11) is 1.72. The van der Waals surface area contributed by atoms with Crippen molar-refractivity contribution in [3.8, 4) is 0 Å². The largest absolute Gasteiger partial charge is 0.522 e. The summed E-state index contributed by atoms with van der Waals surface area (Å²) in [5.41, 5.74) is 0. The first kappa shape index (κ1) is 8.80. The summed E-state index contributed by atoms with van der Waals surface area (Å²) in [5.74, 6) is 0. The van der Waals surface area contributed by atoms with Gasteiger partial charge in [0.05, 0.1) is 6.10 Å². The summed E-state index contributed by atoms with van der Waals surface area (Å²) >= 11 is 0. The summed E-state index contributed by atoms with van der Waals surface area (Å²) in [4.78, 5) is 1.69. The van der Waals surface area contributed by atoms with Crippen molar-refractivity contribution in [3.05, 3.63) is 6.54 Å². The van der Waals surface area contributed by atoms with E-state index in [2.05, 4.69) is 4.74 Å². The molecule has 11 heavy (non-hydrogen) atoms. The van der Waals surface area contributed by atoms with Crippen LogP contribution in [0.25, 0.3) is 0 Å². The molecule has 1 rings (SSSR count). The number of alkyl halides is 3. The summed E-state index contributed by atoms with van der Waals surface area (Å²) in [5, 5.41) is 0. The number of nitrogens with zero attached hydrogens (tertiary/aromatic N) is 1. The third-order valence-electron chi connectivity index (χ3n) is 1.47. The molecule has 0 aromatic heterocycles. The predicted molar refractivity (Wildman–Crippen MR) is 32.5 cm³/mol. The maximum atomic E-state index is 11.6. The number of likely N-dealkylation sites (N-methyl/N-ethyl adjacent to an activating group) is 1. The lowest BCUT2D eigenvalue weighted by Gasteiger charge is -2.13. The standard InChI is InChI=1S/C6H9F3NO/c1-10-3-2-5(4-10)11-6(7,8)9/h3,5H,2,4H2,1H3. The average molecular weight is 168 g/mol. The molecule has 5 heteroatoms. The second kappa shape index (κ2) is 2.98. The van der Waals surface area contributed by atoms with E-state index in [1.54, 1.807) is 18.5 Å². The summed E-state index contributed by atoms with van der Waals surface area (Å²) < 4.78 is 38.5. The van der Waals surface area contributed by atoms with E-state index in [0.29, 0.717) is 13.0 Å². The SMILES string of the molecule is CN1[CH]CC(OC(F)(F)F)C1. The second-order valence-electron chi connectivity index (χ2n) is 2.54. The lowest BCUT2D eigenvalue weighted by Crippen LogP contribution is -2.26. The van der Waals surface area contributed by atoms with Crippen LogP contribution in [0.15, 0.2) is 0 Å². The maximum absolute atomic E-state index is 11.6. The summed E-state index contributed by atoms with van der Waals surface area (Å²) in [6.07, 6.45) is -4.88. The number of halogens is 3. The van der Waals surface area contributed by atoms with E-state index in [9.17, 15) is 13.2 Å². The lowest BCUT2D eigenvalue weighted by atomic mass is 10.3. The Bertz CT molecular complexity index is 136. The third kappa shape index (κ3) is 3.07. The Morgan fingerprint density at radius 2 is 2.18 bits per heavy atom. The van der Waals surface area contributed by atoms with Crippen molar-refractivity contribution in [2.45, 2.75) is 18.9 Å². The molecular weight excluding hydrogens is 159 g/mol. The first-order valence-corrected chi connectivity index (χ1v) is 3.25. The van der Waals surface area contributed by atoms with Crippen molar-refractivity contribution >= 4 is 0 Å². The Hall–Kier alpha value is -0.290. The maximum Gasteiger partial charge on any atom is 0.522 e. The highest BCUT2D eigenvalue weighted by Crippen LogP contribution is 2.24. The van der Waals surface area contributed by atoms with Gasteiger partial charge in [-0.1, -0.05) is 0 Å². The van der Waals surface area contributed by atoms with Gasteiger partial charge in [-0.05, 0) is 13.5 Å². The van der Waals surface area contributed by atoms with Crippen molar-refractivity contribution in [1.29, 1.82) is 0 Å². The Balaban J connectivity index is 2.29. The number of rotatable bonds is 1. The first-order chi connectivity index (χ1) is 4.97. The van der Waals surface area contributed by atoms with Crippen molar-refractivity contribution in [2.24, 2.45) is 0 Å². The molecule has 0 aliphatic carbocycles. The van der Waals surface area contributed by atoms with Crippen LogP contribution in [0, 0.1) is 6.54 Å². The van der Waals surface area contributed by atoms with Gasteiger partial charge in [-0.15, -0.1) is 13.2 Å². The zero-order valence-electron chi connectivity index (χ0n) is 6.06. The molecule has 1 fully saturated rings. The molecule has 1 saturated heterocycles. The van der Waals surface area contributed by atoms with Crippen molar-refractivity contribution in [1.82, 2.24) is 4.90 Å². The zero-order chi connectivity index (χ0) is 8.48.